The molecule has 2 aromatic heterocycles. The molecule has 0 fully saturated rings. The fourth-order valence-corrected chi connectivity index (χ4v) is 3.61. The molecule has 1 atom stereocenters. The molecular formula is C21H24Cl2N6O2. The highest BCUT2D eigenvalue weighted by atomic mass is 35.5. The SMILES string of the molecule is Cc1cc(C)n(C(C)C(=O)Nc2ccc(NC(=O)Cn3nc(C)c(Cl)c3C)cc2Cl)n1. The summed E-state index contributed by atoms with van der Waals surface area (Å²) in [6, 6.07) is 6.30. The van der Waals surface area contributed by atoms with Crippen LogP contribution in [0.15, 0.2) is 24.3 Å². The van der Waals surface area contributed by atoms with Crippen LogP contribution in [0.1, 0.15) is 35.7 Å². The fraction of sp³-hybridized carbons (Fsp3) is 0.333. The number of aryl methyl sites for hydroxylation is 3. The first-order valence-corrected chi connectivity index (χ1v) is 10.4. The number of nitrogens with one attached hydrogen (secondary N) is 2. The van der Waals surface area contributed by atoms with E-state index in [0.717, 1.165) is 17.1 Å². The Kier molecular flexibility index (Phi) is 6.71. The molecule has 0 aliphatic heterocycles. The van der Waals surface area contributed by atoms with E-state index in [0.29, 0.717) is 27.1 Å². The summed E-state index contributed by atoms with van der Waals surface area (Å²) in [6.07, 6.45) is 0. The van der Waals surface area contributed by atoms with Gasteiger partial charge in [-0.05, 0) is 58.9 Å². The second-order valence-corrected chi connectivity index (χ2v) is 8.21. The Labute approximate surface area is 190 Å². The van der Waals surface area contributed by atoms with Crippen molar-refractivity contribution in [1.29, 1.82) is 0 Å². The smallest absolute Gasteiger partial charge is 0.248 e. The predicted octanol–water partition coefficient (Wildman–Crippen LogP) is 4.46. The third kappa shape index (κ3) is 5.08. The van der Waals surface area contributed by atoms with Crippen molar-refractivity contribution in [1.82, 2.24) is 19.6 Å². The van der Waals surface area contributed by atoms with Crippen molar-refractivity contribution in [3.05, 3.63) is 57.1 Å². The molecule has 31 heavy (non-hydrogen) atoms. The van der Waals surface area contributed by atoms with Gasteiger partial charge in [-0.25, -0.2) is 0 Å². The highest BCUT2D eigenvalue weighted by Crippen LogP contribution is 2.27. The van der Waals surface area contributed by atoms with E-state index in [1.807, 2.05) is 19.9 Å². The lowest BCUT2D eigenvalue weighted by molar-refractivity contribution is -0.119. The first kappa shape index (κ1) is 22.8. The van der Waals surface area contributed by atoms with Crippen molar-refractivity contribution in [2.45, 2.75) is 47.2 Å². The summed E-state index contributed by atoms with van der Waals surface area (Å²) in [4.78, 5) is 25.0. The van der Waals surface area contributed by atoms with Crippen LogP contribution in [0.4, 0.5) is 11.4 Å². The Morgan fingerprint density at radius 1 is 1.06 bits per heavy atom. The summed E-state index contributed by atoms with van der Waals surface area (Å²) in [7, 11) is 0. The molecule has 0 saturated carbocycles. The van der Waals surface area contributed by atoms with Gasteiger partial charge in [0.2, 0.25) is 11.8 Å². The van der Waals surface area contributed by atoms with Crippen molar-refractivity contribution in [2.24, 2.45) is 0 Å². The zero-order valence-corrected chi connectivity index (χ0v) is 19.5. The number of nitrogens with zero attached hydrogens (tertiary/aromatic N) is 4. The summed E-state index contributed by atoms with van der Waals surface area (Å²) in [5.74, 6) is -0.514. The van der Waals surface area contributed by atoms with Gasteiger partial charge in [0, 0.05) is 11.4 Å². The number of halogens is 2. The minimum absolute atomic E-state index is 0.0235. The summed E-state index contributed by atoms with van der Waals surface area (Å²) >= 11 is 12.4. The molecule has 1 unspecified atom stereocenters. The third-order valence-corrected chi connectivity index (χ3v) is 5.75. The average Bonchev–Trinajstić information content (AvgIpc) is 3.16. The zero-order valence-electron chi connectivity index (χ0n) is 18.0. The Balaban J connectivity index is 1.65. The normalized spacial score (nSPS) is 12.0. The van der Waals surface area contributed by atoms with Gasteiger partial charge in [0.05, 0.1) is 32.8 Å². The van der Waals surface area contributed by atoms with E-state index < -0.39 is 6.04 Å². The average molecular weight is 463 g/mol. The second-order valence-electron chi connectivity index (χ2n) is 7.42. The van der Waals surface area contributed by atoms with Crippen molar-refractivity contribution in [3.8, 4) is 0 Å². The predicted molar refractivity (Wildman–Crippen MR) is 122 cm³/mol. The highest BCUT2D eigenvalue weighted by molar-refractivity contribution is 6.34. The van der Waals surface area contributed by atoms with Crippen LogP contribution in [0.2, 0.25) is 10.0 Å². The van der Waals surface area contributed by atoms with Crippen molar-refractivity contribution < 1.29 is 9.59 Å². The van der Waals surface area contributed by atoms with Crippen LogP contribution >= 0.6 is 23.2 Å². The first-order valence-electron chi connectivity index (χ1n) is 9.69. The number of hydrogen-bond acceptors (Lipinski definition) is 4. The third-order valence-electron chi connectivity index (χ3n) is 4.89. The fourth-order valence-electron chi connectivity index (χ4n) is 3.25. The molecule has 10 heteroatoms. The quantitative estimate of drug-likeness (QED) is 0.565. The van der Waals surface area contributed by atoms with Gasteiger partial charge in [-0.1, -0.05) is 23.2 Å². The number of benzene rings is 1. The summed E-state index contributed by atoms with van der Waals surface area (Å²) < 4.78 is 3.21. The number of hydrogen-bond donors (Lipinski definition) is 2. The molecule has 0 aliphatic carbocycles. The van der Waals surface area contributed by atoms with Crippen LogP contribution in [-0.2, 0) is 16.1 Å². The number of anilines is 2. The van der Waals surface area contributed by atoms with Crippen LogP contribution in [0.25, 0.3) is 0 Å². The number of aromatic nitrogens is 4. The summed E-state index contributed by atoms with van der Waals surface area (Å²) in [5, 5.41) is 15.0. The van der Waals surface area contributed by atoms with Crippen LogP contribution in [-0.4, -0.2) is 31.4 Å². The van der Waals surface area contributed by atoms with Crippen LogP contribution in [0.5, 0.6) is 0 Å². The minimum atomic E-state index is -0.503. The lowest BCUT2D eigenvalue weighted by atomic mass is 10.2. The van der Waals surface area contributed by atoms with Gasteiger partial charge in [0.15, 0.2) is 0 Å². The van der Waals surface area contributed by atoms with Gasteiger partial charge >= 0.3 is 0 Å². The molecule has 1 aromatic carbocycles. The molecule has 0 saturated heterocycles. The van der Waals surface area contributed by atoms with E-state index in [9.17, 15) is 9.59 Å². The maximum absolute atomic E-state index is 12.6. The van der Waals surface area contributed by atoms with E-state index >= 15 is 0 Å². The summed E-state index contributed by atoms with van der Waals surface area (Å²) in [6.45, 7) is 9.15. The van der Waals surface area contributed by atoms with Crippen LogP contribution in [0, 0.1) is 27.7 Å². The van der Waals surface area contributed by atoms with E-state index in [1.54, 1.807) is 48.3 Å². The zero-order chi connectivity index (χ0) is 22.9. The molecule has 3 rings (SSSR count). The molecule has 2 N–H and O–H groups in total. The Morgan fingerprint density at radius 3 is 2.32 bits per heavy atom. The van der Waals surface area contributed by atoms with E-state index in [2.05, 4.69) is 20.8 Å². The Bertz CT molecular complexity index is 1150. The monoisotopic (exact) mass is 462 g/mol. The molecule has 3 aromatic rings. The van der Waals surface area contributed by atoms with Crippen molar-refractivity contribution in [2.75, 3.05) is 10.6 Å². The van der Waals surface area contributed by atoms with Gasteiger partial charge < -0.3 is 10.6 Å². The number of amides is 2. The summed E-state index contributed by atoms with van der Waals surface area (Å²) in [5.41, 5.74) is 4.09. The number of carbonyl (C=O) groups excluding carboxylic acids is 2. The van der Waals surface area contributed by atoms with E-state index in [1.165, 1.54) is 0 Å². The maximum Gasteiger partial charge on any atom is 0.248 e. The molecule has 0 aliphatic rings. The van der Waals surface area contributed by atoms with Crippen LogP contribution in [0.3, 0.4) is 0 Å². The topological polar surface area (TPSA) is 93.8 Å². The lowest BCUT2D eigenvalue weighted by Gasteiger charge is -2.16. The Morgan fingerprint density at radius 2 is 1.77 bits per heavy atom. The highest BCUT2D eigenvalue weighted by Gasteiger charge is 2.19. The van der Waals surface area contributed by atoms with Gasteiger partial charge in [-0.2, -0.15) is 10.2 Å². The second kappa shape index (κ2) is 9.11. The number of carbonyl (C=O) groups is 2. The first-order chi connectivity index (χ1) is 14.6. The molecule has 2 heterocycles. The van der Waals surface area contributed by atoms with Gasteiger partial charge in [0.25, 0.3) is 0 Å². The molecule has 8 nitrogen and oxygen atoms in total. The molecular weight excluding hydrogens is 439 g/mol. The molecule has 2 amide bonds. The maximum atomic E-state index is 12.6. The van der Waals surface area contributed by atoms with E-state index in [4.69, 9.17) is 23.2 Å². The van der Waals surface area contributed by atoms with Gasteiger partial charge in [-0.15, -0.1) is 0 Å². The number of rotatable bonds is 6. The minimum Gasteiger partial charge on any atom is -0.324 e. The largest absolute Gasteiger partial charge is 0.324 e. The Hall–Kier alpha value is -2.84. The molecule has 0 spiro atoms. The van der Waals surface area contributed by atoms with Gasteiger partial charge in [-0.3, -0.25) is 19.0 Å². The molecule has 0 bridgehead atoms. The van der Waals surface area contributed by atoms with Crippen molar-refractivity contribution in [3.63, 3.8) is 0 Å². The van der Waals surface area contributed by atoms with Crippen LogP contribution < -0.4 is 10.6 Å². The standard InChI is InChI=1S/C21H24Cl2N6O2/c1-11-8-12(2)29(26-11)15(5)21(31)25-18-7-6-16(9-17(18)22)24-19(30)10-28-14(4)20(23)13(3)27-28/h6-9,15H,10H2,1-5H3,(H,24,30)(H,25,31). The van der Waals surface area contributed by atoms with Gasteiger partial charge in [0.1, 0.15) is 12.6 Å². The van der Waals surface area contributed by atoms with Crippen molar-refractivity contribution >= 4 is 46.4 Å². The molecule has 0 radical (unpaired) electrons. The molecule has 164 valence electrons. The van der Waals surface area contributed by atoms with E-state index in [-0.39, 0.29) is 18.4 Å². The lowest BCUT2D eigenvalue weighted by Crippen LogP contribution is -2.25.